The van der Waals surface area contributed by atoms with Crippen molar-refractivity contribution in [2.24, 2.45) is 0 Å². The van der Waals surface area contributed by atoms with Gasteiger partial charge in [-0.1, -0.05) is 23.7 Å². The minimum absolute atomic E-state index is 0.0937. The van der Waals surface area contributed by atoms with Gasteiger partial charge in [0.2, 0.25) is 5.88 Å². The molecule has 102 valence electrons. The molecule has 0 spiro atoms. The molecule has 0 unspecified atom stereocenters. The molecular weight excluding hydrogens is 342 g/mol. The van der Waals surface area contributed by atoms with Gasteiger partial charge in [-0.3, -0.25) is 4.79 Å². The molecule has 0 bridgehead atoms. The highest BCUT2D eigenvalue weighted by molar-refractivity contribution is 9.10. The third-order valence-corrected chi connectivity index (χ3v) is 4.69. The molecule has 2 aromatic rings. The number of hydrogen-bond donors (Lipinski definition) is 0. The summed E-state index contributed by atoms with van der Waals surface area (Å²) in [5, 5.41) is 0.603. The van der Waals surface area contributed by atoms with Crippen LogP contribution in [0.5, 0.6) is 5.88 Å². The molecule has 3 rings (SSSR count). The van der Waals surface area contributed by atoms with Gasteiger partial charge in [-0.15, -0.1) is 0 Å². The van der Waals surface area contributed by atoms with Crippen LogP contribution in [0, 0.1) is 0 Å². The molecule has 1 aromatic carbocycles. The van der Waals surface area contributed by atoms with E-state index in [4.69, 9.17) is 16.3 Å². The smallest absolute Gasteiger partial charge is 0.224 e. The normalized spacial score (nSPS) is 13.4. The average molecular weight is 353 g/mol. The summed E-state index contributed by atoms with van der Waals surface area (Å²) in [6, 6.07) is 7.60. The van der Waals surface area contributed by atoms with Gasteiger partial charge in [-0.05, 0) is 40.0 Å². The first kappa shape index (κ1) is 13.6. The van der Waals surface area contributed by atoms with Crippen molar-refractivity contribution in [2.45, 2.75) is 12.8 Å². The Morgan fingerprint density at radius 2 is 2.15 bits per heavy atom. The Morgan fingerprint density at radius 1 is 1.35 bits per heavy atom. The minimum atomic E-state index is 0.0937. The number of carbonyl (C=O) groups excluding carboxylic acids is 1. The van der Waals surface area contributed by atoms with E-state index in [0.717, 1.165) is 27.7 Å². The fourth-order valence-electron chi connectivity index (χ4n) is 2.43. The number of pyridine rings is 1. The van der Waals surface area contributed by atoms with Crippen LogP contribution < -0.4 is 4.74 Å². The topological polar surface area (TPSA) is 39.2 Å². The zero-order valence-electron chi connectivity index (χ0n) is 10.7. The molecule has 0 atom stereocenters. The summed E-state index contributed by atoms with van der Waals surface area (Å²) in [7, 11) is 1.53. The van der Waals surface area contributed by atoms with Crippen LogP contribution in [-0.4, -0.2) is 17.9 Å². The predicted octanol–water partition coefficient (Wildman–Crippen LogP) is 4.30. The lowest BCUT2D eigenvalue weighted by Crippen LogP contribution is -2.01. The van der Waals surface area contributed by atoms with Crippen LogP contribution >= 0.6 is 27.5 Å². The third kappa shape index (κ3) is 2.13. The van der Waals surface area contributed by atoms with E-state index >= 15 is 0 Å². The molecule has 0 N–H and O–H groups in total. The Balaban J connectivity index is 2.21. The standard InChI is InChI=1S/C15H11BrClNO2/c1-20-15-13-8(5-6-12(13)19)7-11(18-15)9-3-2-4-10(16)14(9)17/h2-4,7H,5-6H2,1H3. The molecule has 0 radical (unpaired) electrons. The number of aryl methyl sites for hydroxylation is 1. The van der Waals surface area contributed by atoms with Gasteiger partial charge in [0, 0.05) is 16.5 Å². The van der Waals surface area contributed by atoms with Gasteiger partial charge in [0.25, 0.3) is 0 Å². The number of nitrogens with zero attached hydrogens (tertiary/aromatic N) is 1. The highest BCUT2D eigenvalue weighted by Gasteiger charge is 2.26. The molecule has 1 heterocycles. The van der Waals surface area contributed by atoms with E-state index in [-0.39, 0.29) is 5.78 Å². The van der Waals surface area contributed by atoms with Crippen LogP contribution in [0.15, 0.2) is 28.7 Å². The monoisotopic (exact) mass is 351 g/mol. The highest BCUT2D eigenvalue weighted by atomic mass is 79.9. The van der Waals surface area contributed by atoms with Crippen LogP contribution in [0.4, 0.5) is 0 Å². The maximum absolute atomic E-state index is 11.9. The SMILES string of the molecule is COc1nc(-c2cccc(Br)c2Cl)cc2c1C(=O)CC2. The molecule has 3 nitrogen and oxygen atoms in total. The first-order valence-corrected chi connectivity index (χ1v) is 7.34. The van der Waals surface area contributed by atoms with Crippen molar-refractivity contribution in [2.75, 3.05) is 7.11 Å². The Bertz CT molecular complexity index is 715. The zero-order chi connectivity index (χ0) is 14.3. The van der Waals surface area contributed by atoms with Gasteiger partial charge in [-0.2, -0.15) is 0 Å². The van der Waals surface area contributed by atoms with E-state index in [0.29, 0.717) is 22.9 Å². The molecular formula is C15H11BrClNO2. The van der Waals surface area contributed by atoms with Gasteiger partial charge < -0.3 is 4.74 Å². The molecule has 1 aliphatic carbocycles. The van der Waals surface area contributed by atoms with Crippen molar-refractivity contribution in [1.29, 1.82) is 0 Å². The molecule has 0 amide bonds. The molecule has 0 saturated carbocycles. The summed E-state index contributed by atoms with van der Waals surface area (Å²) >= 11 is 9.71. The van der Waals surface area contributed by atoms with Crippen molar-refractivity contribution in [3.05, 3.63) is 44.9 Å². The molecule has 1 aromatic heterocycles. The van der Waals surface area contributed by atoms with Gasteiger partial charge in [-0.25, -0.2) is 4.98 Å². The number of benzene rings is 1. The maximum atomic E-state index is 11.9. The van der Waals surface area contributed by atoms with E-state index in [1.54, 1.807) is 0 Å². The first-order chi connectivity index (χ1) is 9.61. The Labute approximate surface area is 130 Å². The second kappa shape index (κ2) is 5.19. The fourth-order valence-corrected chi connectivity index (χ4v) is 3.02. The molecule has 0 aliphatic heterocycles. The highest BCUT2D eigenvalue weighted by Crippen LogP contribution is 2.37. The number of carbonyl (C=O) groups is 1. The number of halogens is 2. The van der Waals surface area contributed by atoms with Crippen molar-refractivity contribution < 1.29 is 9.53 Å². The predicted molar refractivity (Wildman–Crippen MR) is 81.6 cm³/mol. The summed E-state index contributed by atoms with van der Waals surface area (Å²) in [6.45, 7) is 0. The lowest BCUT2D eigenvalue weighted by atomic mass is 10.1. The number of fused-ring (bicyclic) bond motifs is 1. The summed E-state index contributed by atoms with van der Waals surface area (Å²) in [5.41, 5.74) is 3.14. The van der Waals surface area contributed by atoms with E-state index in [1.165, 1.54) is 7.11 Å². The van der Waals surface area contributed by atoms with E-state index in [9.17, 15) is 4.79 Å². The van der Waals surface area contributed by atoms with Gasteiger partial charge in [0.1, 0.15) is 0 Å². The van der Waals surface area contributed by atoms with Gasteiger partial charge >= 0.3 is 0 Å². The summed E-state index contributed by atoms with van der Waals surface area (Å²) in [5.74, 6) is 0.479. The van der Waals surface area contributed by atoms with Gasteiger partial charge in [0.05, 0.1) is 23.4 Å². The number of rotatable bonds is 2. The molecule has 0 saturated heterocycles. The summed E-state index contributed by atoms with van der Waals surface area (Å²) < 4.78 is 6.09. The third-order valence-electron chi connectivity index (χ3n) is 3.39. The van der Waals surface area contributed by atoms with E-state index in [1.807, 2.05) is 24.3 Å². The number of methoxy groups -OCH3 is 1. The maximum Gasteiger partial charge on any atom is 0.224 e. The molecule has 0 fully saturated rings. The molecule has 5 heteroatoms. The number of ether oxygens (including phenoxy) is 1. The number of hydrogen-bond acceptors (Lipinski definition) is 3. The first-order valence-electron chi connectivity index (χ1n) is 6.17. The van der Waals surface area contributed by atoms with Crippen molar-refractivity contribution in [1.82, 2.24) is 4.98 Å². The van der Waals surface area contributed by atoms with Crippen LogP contribution in [0.25, 0.3) is 11.3 Å². The minimum Gasteiger partial charge on any atom is -0.480 e. The van der Waals surface area contributed by atoms with Gasteiger partial charge in [0.15, 0.2) is 5.78 Å². The Kier molecular flexibility index (Phi) is 3.52. The Morgan fingerprint density at radius 3 is 2.90 bits per heavy atom. The summed E-state index contributed by atoms with van der Waals surface area (Å²) in [4.78, 5) is 16.3. The average Bonchev–Trinajstić information content (AvgIpc) is 2.82. The second-order valence-corrected chi connectivity index (χ2v) is 5.81. The van der Waals surface area contributed by atoms with Crippen molar-refractivity contribution in [3.8, 4) is 17.1 Å². The lowest BCUT2D eigenvalue weighted by molar-refractivity contribution is 0.0991. The van der Waals surface area contributed by atoms with Crippen LogP contribution in [0.3, 0.4) is 0 Å². The van der Waals surface area contributed by atoms with Crippen molar-refractivity contribution in [3.63, 3.8) is 0 Å². The largest absolute Gasteiger partial charge is 0.480 e. The van der Waals surface area contributed by atoms with E-state index < -0.39 is 0 Å². The fraction of sp³-hybridized carbons (Fsp3) is 0.200. The zero-order valence-corrected chi connectivity index (χ0v) is 13.1. The summed E-state index contributed by atoms with van der Waals surface area (Å²) in [6.07, 6.45) is 1.24. The lowest BCUT2D eigenvalue weighted by Gasteiger charge is -2.10. The van der Waals surface area contributed by atoms with E-state index in [2.05, 4.69) is 20.9 Å². The number of ketones is 1. The van der Waals surface area contributed by atoms with Crippen LogP contribution in [-0.2, 0) is 6.42 Å². The molecule has 1 aliphatic rings. The Hall–Kier alpha value is -1.39. The quantitative estimate of drug-likeness (QED) is 0.809. The number of Topliss-reactive ketones (excluding diaryl/α,β-unsaturated/α-hetero) is 1. The van der Waals surface area contributed by atoms with Crippen LogP contribution in [0.1, 0.15) is 22.3 Å². The van der Waals surface area contributed by atoms with Crippen LogP contribution in [0.2, 0.25) is 5.02 Å². The molecule has 20 heavy (non-hydrogen) atoms. The number of aromatic nitrogens is 1. The van der Waals surface area contributed by atoms with Crippen molar-refractivity contribution >= 4 is 33.3 Å². The second-order valence-electron chi connectivity index (χ2n) is 4.58.